The number of nitrogens with zero attached hydrogens (tertiary/aromatic N) is 3. The highest BCUT2D eigenvalue weighted by molar-refractivity contribution is 6.03. The minimum absolute atomic E-state index is 0.0618. The zero-order valence-corrected chi connectivity index (χ0v) is 15.8. The molecule has 5 aromatic rings. The van der Waals surface area contributed by atoms with Crippen molar-refractivity contribution in [3.63, 3.8) is 0 Å². The van der Waals surface area contributed by atoms with Crippen LogP contribution in [0.15, 0.2) is 59.5 Å². The van der Waals surface area contributed by atoms with Gasteiger partial charge in [-0.25, -0.2) is 19.3 Å². The molecule has 0 saturated heterocycles. The number of aromatic nitrogens is 5. The lowest BCUT2D eigenvalue weighted by molar-refractivity contribution is 0.0997. The molecule has 0 spiro atoms. The number of hydrogen-bond donors (Lipinski definition) is 3. The van der Waals surface area contributed by atoms with E-state index >= 15 is 0 Å². The van der Waals surface area contributed by atoms with Gasteiger partial charge in [-0.1, -0.05) is 24.3 Å². The fourth-order valence-corrected chi connectivity index (χ4v) is 3.60. The molecule has 9 heteroatoms. The van der Waals surface area contributed by atoms with Crippen LogP contribution < -0.4 is 16.2 Å². The minimum atomic E-state index is -0.765. The van der Waals surface area contributed by atoms with Crippen LogP contribution in [0.5, 0.6) is 5.75 Å². The molecule has 0 fully saturated rings. The largest absolute Gasteiger partial charge is 0.495 e. The summed E-state index contributed by atoms with van der Waals surface area (Å²) in [7, 11) is 1.51. The van der Waals surface area contributed by atoms with Crippen LogP contribution >= 0.6 is 0 Å². The molecule has 3 aromatic heterocycles. The first-order valence-electron chi connectivity index (χ1n) is 9.11. The molecule has 148 valence electrons. The van der Waals surface area contributed by atoms with Gasteiger partial charge in [0, 0.05) is 22.7 Å². The second-order valence-corrected chi connectivity index (χ2v) is 6.64. The third kappa shape index (κ3) is 2.56. The van der Waals surface area contributed by atoms with Crippen molar-refractivity contribution < 1.29 is 9.53 Å². The number of aromatic amines is 2. The number of primary amides is 1. The average molecular weight is 400 g/mol. The Kier molecular flexibility index (Phi) is 3.88. The monoisotopic (exact) mass is 400 g/mol. The van der Waals surface area contributed by atoms with Crippen LogP contribution in [0.3, 0.4) is 0 Å². The van der Waals surface area contributed by atoms with Crippen LogP contribution in [-0.2, 0) is 0 Å². The van der Waals surface area contributed by atoms with Crippen molar-refractivity contribution in [2.45, 2.75) is 0 Å². The van der Waals surface area contributed by atoms with E-state index in [2.05, 4.69) is 19.9 Å². The highest BCUT2D eigenvalue weighted by atomic mass is 16.5. The summed E-state index contributed by atoms with van der Waals surface area (Å²) in [5.41, 5.74) is 7.53. The fourth-order valence-electron chi connectivity index (χ4n) is 3.60. The molecule has 0 aliphatic rings. The summed E-state index contributed by atoms with van der Waals surface area (Å²) in [5, 5.41) is 0.883. The third-order valence-corrected chi connectivity index (χ3v) is 4.93. The van der Waals surface area contributed by atoms with Crippen molar-refractivity contribution in [2.24, 2.45) is 5.73 Å². The Labute approximate surface area is 169 Å². The number of nitrogens with one attached hydrogen (secondary N) is 2. The maximum Gasteiger partial charge on any atom is 0.332 e. The van der Waals surface area contributed by atoms with E-state index in [1.165, 1.54) is 11.7 Å². The Morgan fingerprint density at radius 1 is 1.10 bits per heavy atom. The van der Waals surface area contributed by atoms with Crippen molar-refractivity contribution in [3.8, 4) is 22.8 Å². The Balaban J connectivity index is 1.89. The van der Waals surface area contributed by atoms with Gasteiger partial charge in [0.15, 0.2) is 17.2 Å². The molecule has 3 heterocycles. The van der Waals surface area contributed by atoms with E-state index in [0.717, 1.165) is 10.9 Å². The number of amides is 1. The first-order valence-corrected chi connectivity index (χ1v) is 9.11. The maximum absolute atomic E-state index is 12.8. The zero-order valence-electron chi connectivity index (χ0n) is 15.8. The highest BCUT2D eigenvalue weighted by Gasteiger charge is 2.22. The Morgan fingerprint density at radius 2 is 1.93 bits per heavy atom. The SMILES string of the molecule is COc1ccccc1-n1c(=O)[nH]c2c(C(N)=O)nc(-c3cccc4[nH]ccc34)nc21. The van der Waals surface area contributed by atoms with Gasteiger partial charge in [-0.15, -0.1) is 0 Å². The maximum atomic E-state index is 12.8. The topological polar surface area (TPSA) is 132 Å². The lowest BCUT2D eigenvalue weighted by atomic mass is 10.1. The van der Waals surface area contributed by atoms with Crippen molar-refractivity contribution in [1.29, 1.82) is 0 Å². The van der Waals surface area contributed by atoms with Gasteiger partial charge in [0.2, 0.25) is 0 Å². The van der Waals surface area contributed by atoms with E-state index < -0.39 is 11.6 Å². The van der Waals surface area contributed by atoms with E-state index in [9.17, 15) is 9.59 Å². The number of methoxy groups -OCH3 is 1. The first-order chi connectivity index (χ1) is 14.6. The molecule has 0 aliphatic carbocycles. The summed E-state index contributed by atoms with van der Waals surface area (Å²) in [6, 6.07) is 14.6. The van der Waals surface area contributed by atoms with Crippen LogP contribution in [0, 0.1) is 0 Å². The predicted molar refractivity (Wildman–Crippen MR) is 112 cm³/mol. The van der Waals surface area contributed by atoms with Gasteiger partial charge in [0.1, 0.15) is 11.3 Å². The average Bonchev–Trinajstić information content (AvgIpc) is 3.36. The van der Waals surface area contributed by atoms with Crippen LogP contribution in [-0.4, -0.2) is 37.5 Å². The molecule has 30 heavy (non-hydrogen) atoms. The molecular weight excluding hydrogens is 384 g/mol. The van der Waals surface area contributed by atoms with Gasteiger partial charge in [0.05, 0.1) is 12.8 Å². The summed E-state index contributed by atoms with van der Waals surface area (Å²) in [4.78, 5) is 39.8. The predicted octanol–water partition coefficient (Wildman–Crippen LogP) is 2.36. The Hall–Kier alpha value is -4.40. The molecule has 0 radical (unpaired) electrons. The van der Waals surface area contributed by atoms with Gasteiger partial charge >= 0.3 is 5.69 Å². The number of benzene rings is 2. The molecule has 2 aromatic carbocycles. The van der Waals surface area contributed by atoms with E-state index in [0.29, 0.717) is 17.0 Å². The molecule has 0 unspecified atom stereocenters. The number of nitrogens with two attached hydrogens (primary N) is 1. The normalized spacial score (nSPS) is 11.2. The number of imidazole rings is 1. The number of H-pyrrole nitrogens is 2. The van der Waals surface area contributed by atoms with E-state index in [1.807, 2.05) is 30.5 Å². The second kappa shape index (κ2) is 6.59. The molecule has 0 bridgehead atoms. The fraction of sp³-hybridized carbons (Fsp3) is 0.0476. The number of carbonyl (C=O) groups is 1. The molecule has 1 amide bonds. The van der Waals surface area contributed by atoms with Gasteiger partial charge in [-0.3, -0.25) is 4.79 Å². The summed E-state index contributed by atoms with van der Waals surface area (Å²) >= 11 is 0. The van der Waals surface area contributed by atoms with Crippen LogP contribution in [0.4, 0.5) is 0 Å². The first kappa shape index (κ1) is 17.7. The number of carbonyl (C=O) groups excluding carboxylic acids is 1. The van der Waals surface area contributed by atoms with Gasteiger partial charge in [0.25, 0.3) is 5.91 Å². The number of ether oxygens (including phenoxy) is 1. The van der Waals surface area contributed by atoms with E-state index in [4.69, 9.17) is 10.5 Å². The van der Waals surface area contributed by atoms with Crippen LogP contribution in [0.1, 0.15) is 10.5 Å². The molecular formula is C21H16N6O3. The van der Waals surface area contributed by atoms with Gasteiger partial charge < -0.3 is 20.4 Å². The summed E-state index contributed by atoms with van der Waals surface area (Å²) in [5.74, 6) is -0.00325. The van der Waals surface area contributed by atoms with Crippen LogP contribution in [0.25, 0.3) is 39.1 Å². The van der Waals surface area contributed by atoms with Gasteiger partial charge in [-0.05, 0) is 24.3 Å². The quantitative estimate of drug-likeness (QED) is 0.426. The minimum Gasteiger partial charge on any atom is -0.495 e. The molecule has 0 atom stereocenters. The van der Waals surface area contributed by atoms with E-state index in [-0.39, 0.29) is 22.7 Å². The van der Waals surface area contributed by atoms with E-state index in [1.54, 1.807) is 24.3 Å². The Morgan fingerprint density at radius 3 is 2.73 bits per heavy atom. The highest BCUT2D eigenvalue weighted by Crippen LogP contribution is 2.29. The van der Waals surface area contributed by atoms with Crippen molar-refractivity contribution in [1.82, 2.24) is 24.5 Å². The third-order valence-electron chi connectivity index (χ3n) is 4.93. The number of fused-ring (bicyclic) bond motifs is 2. The molecule has 4 N–H and O–H groups in total. The lowest BCUT2D eigenvalue weighted by Crippen LogP contribution is -2.16. The smallest absolute Gasteiger partial charge is 0.332 e. The number of rotatable bonds is 4. The summed E-state index contributed by atoms with van der Waals surface area (Å²) in [6.07, 6.45) is 1.81. The van der Waals surface area contributed by atoms with Crippen molar-refractivity contribution in [2.75, 3.05) is 7.11 Å². The number of hydrogen-bond acceptors (Lipinski definition) is 5. The summed E-state index contributed by atoms with van der Waals surface area (Å²) in [6.45, 7) is 0. The molecule has 0 aliphatic heterocycles. The Bertz CT molecular complexity index is 1490. The molecule has 9 nitrogen and oxygen atoms in total. The standard InChI is InChI=1S/C21H16N6O3/c1-30-15-8-3-2-7-14(15)27-20-17(25-21(27)29)16(18(22)28)24-19(26-20)12-5-4-6-13-11(12)9-10-23-13/h2-10,23H,1H3,(H2,22,28)(H,25,29). The van der Waals surface area contributed by atoms with Crippen LogP contribution in [0.2, 0.25) is 0 Å². The lowest BCUT2D eigenvalue weighted by Gasteiger charge is -2.10. The van der Waals surface area contributed by atoms with Crippen molar-refractivity contribution >= 4 is 28.0 Å². The second-order valence-electron chi connectivity index (χ2n) is 6.64. The summed E-state index contributed by atoms with van der Waals surface area (Å²) < 4.78 is 6.75. The molecule has 5 rings (SSSR count). The van der Waals surface area contributed by atoms with Crippen molar-refractivity contribution in [3.05, 3.63) is 70.9 Å². The van der Waals surface area contributed by atoms with Gasteiger partial charge in [-0.2, -0.15) is 0 Å². The zero-order chi connectivity index (χ0) is 20.8. The number of para-hydroxylation sites is 2. The molecule has 0 saturated carbocycles.